The van der Waals surface area contributed by atoms with E-state index in [1.54, 1.807) is 36.5 Å². The largest absolute Gasteiger partial charge is 0.370 e. The first kappa shape index (κ1) is 15.0. The van der Waals surface area contributed by atoms with Crippen molar-refractivity contribution in [3.05, 3.63) is 53.9 Å². The van der Waals surface area contributed by atoms with Gasteiger partial charge in [0.15, 0.2) is 0 Å². The minimum Gasteiger partial charge on any atom is -0.370 e. The first-order chi connectivity index (χ1) is 11.3. The quantitative estimate of drug-likeness (QED) is 0.945. The molecule has 5 heteroatoms. The highest BCUT2D eigenvalue weighted by molar-refractivity contribution is 6.03. The number of nitrogens with zero attached hydrogens (tertiary/aromatic N) is 3. The van der Waals surface area contributed by atoms with Gasteiger partial charge in [-0.05, 0) is 49.6 Å². The predicted octanol–water partition coefficient (Wildman–Crippen LogP) is 3.20. The van der Waals surface area contributed by atoms with Crippen molar-refractivity contribution >= 4 is 17.3 Å². The first-order valence-electron chi connectivity index (χ1n) is 7.79. The number of piperidine rings is 1. The van der Waals surface area contributed by atoms with E-state index in [-0.39, 0.29) is 5.91 Å². The van der Waals surface area contributed by atoms with E-state index in [0.29, 0.717) is 16.9 Å². The van der Waals surface area contributed by atoms with Crippen LogP contribution < -0.4 is 10.2 Å². The molecule has 0 bridgehead atoms. The molecule has 1 saturated heterocycles. The molecule has 1 N–H and O–H groups in total. The molecule has 0 radical (unpaired) electrons. The van der Waals surface area contributed by atoms with Gasteiger partial charge in [0.2, 0.25) is 0 Å². The minimum absolute atomic E-state index is 0.273. The summed E-state index contributed by atoms with van der Waals surface area (Å²) in [5, 5.41) is 11.7. The molecule has 1 fully saturated rings. The van der Waals surface area contributed by atoms with Crippen molar-refractivity contribution in [1.82, 2.24) is 4.98 Å². The topological polar surface area (TPSA) is 69.0 Å². The summed E-state index contributed by atoms with van der Waals surface area (Å²) < 4.78 is 0. The van der Waals surface area contributed by atoms with E-state index in [9.17, 15) is 4.79 Å². The highest BCUT2D eigenvalue weighted by atomic mass is 16.1. The molecule has 23 heavy (non-hydrogen) atoms. The number of pyridine rings is 1. The Labute approximate surface area is 135 Å². The number of carbonyl (C=O) groups excluding carboxylic acids is 1. The van der Waals surface area contributed by atoms with E-state index in [1.165, 1.54) is 19.3 Å². The molecule has 0 saturated carbocycles. The van der Waals surface area contributed by atoms with Gasteiger partial charge in [-0.2, -0.15) is 5.26 Å². The lowest BCUT2D eigenvalue weighted by Crippen LogP contribution is -2.29. The zero-order valence-electron chi connectivity index (χ0n) is 12.8. The van der Waals surface area contributed by atoms with Crippen molar-refractivity contribution in [1.29, 1.82) is 5.26 Å². The van der Waals surface area contributed by atoms with Crippen molar-refractivity contribution in [2.75, 3.05) is 23.3 Å². The Hall–Kier alpha value is -2.87. The molecule has 1 aliphatic heterocycles. The van der Waals surface area contributed by atoms with Gasteiger partial charge in [-0.25, -0.2) is 4.98 Å². The second kappa shape index (κ2) is 6.93. The molecule has 1 aromatic heterocycles. The Morgan fingerprint density at radius 2 is 2.00 bits per heavy atom. The van der Waals surface area contributed by atoms with E-state index in [0.717, 1.165) is 18.8 Å². The van der Waals surface area contributed by atoms with Crippen LogP contribution in [0.5, 0.6) is 0 Å². The number of benzene rings is 1. The summed E-state index contributed by atoms with van der Waals surface area (Å²) in [6.45, 7) is 2.10. The molecule has 1 aliphatic rings. The van der Waals surface area contributed by atoms with Crippen molar-refractivity contribution < 1.29 is 4.79 Å². The van der Waals surface area contributed by atoms with Gasteiger partial charge in [0.25, 0.3) is 5.91 Å². The highest BCUT2D eigenvalue weighted by Crippen LogP contribution is 2.19. The molecule has 1 aromatic carbocycles. The lowest BCUT2D eigenvalue weighted by Gasteiger charge is -2.28. The lowest BCUT2D eigenvalue weighted by molar-refractivity contribution is 0.102. The number of nitriles is 1. The smallest absolute Gasteiger partial charge is 0.274 e. The molecule has 5 nitrogen and oxygen atoms in total. The molecule has 0 spiro atoms. The summed E-state index contributed by atoms with van der Waals surface area (Å²) in [4.78, 5) is 18.8. The summed E-state index contributed by atoms with van der Waals surface area (Å²) in [5.41, 5.74) is 2.54. The lowest BCUT2D eigenvalue weighted by atomic mass is 10.1. The number of hydrogen-bond donors (Lipinski definition) is 1. The van der Waals surface area contributed by atoms with Crippen LogP contribution in [-0.4, -0.2) is 24.0 Å². The van der Waals surface area contributed by atoms with Crippen molar-refractivity contribution in [2.24, 2.45) is 0 Å². The third-order valence-corrected chi connectivity index (χ3v) is 3.95. The Morgan fingerprint density at radius 3 is 2.70 bits per heavy atom. The zero-order chi connectivity index (χ0) is 16.1. The van der Waals surface area contributed by atoms with Crippen LogP contribution in [-0.2, 0) is 0 Å². The van der Waals surface area contributed by atoms with Crippen LogP contribution in [0.25, 0.3) is 0 Å². The number of amides is 1. The van der Waals surface area contributed by atoms with Gasteiger partial charge in [-0.1, -0.05) is 6.07 Å². The standard InChI is InChI=1S/C18H18N4O/c19-12-14-5-4-6-15(11-14)21-18(23)17-8-7-16(13-20-17)22-9-2-1-3-10-22/h4-8,11,13H,1-3,9-10H2,(H,21,23). The van der Waals surface area contributed by atoms with Gasteiger partial charge in [0.1, 0.15) is 5.69 Å². The molecule has 116 valence electrons. The van der Waals surface area contributed by atoms with Crippen LogP contribution >= 0.6 is 0 Å². The summed E-state index contributed by atoms with van der Waals surface area (Å²) in [7, 11) is 0. The van der Waals surface area contributed by atoms with Gasteiger partial charge < -0.3 is 10.2 Å². The summed E-state index contributed by atoms with van der Waals surface area (Å²) in [6, 6.07) is 12.6. The maximum absolute atomic E-state index is 12.2. The fraction of sp³-hybridized carbons (Fsp3) is 0.278. The normalized spacial score (nSPS) is 14.1. The molecule has 0 unspecified atom stereocenters. The average Bonchev–Trinajstić information content (AvgIpc) is 2.63. The van der Waals surface area contributed by atoms with Crippen LogP contribution in [0.2, 0.25) is 0 Å². The number of hydrogen-bond acceptors (Lipinski definition) is 4. The van der Waals surface area contributed by atoms with E-state index in [2.05, 4.69) is 21.3 Å². The van der Waals surface area contributed by atoms with Crippen LogP contribution in [0.3, 0.4) is 0 Å². The number of aromatic nitrogens is 1. The van der Waals surface area contributed by atoms with Gasteiger partial charge in [0.05, 0.1) is 23.5 Å². The van der Waals surface area contributed by atoms with Crippen molar-refractivity contribution in [3.63, 3.8) is 0 Å². The summed E-state index contributed by atoms with van der Waals surface area (Å²) in [6.07, 6.45) is 5.45. The zero-order valence-corrected chi connectivity index (χ0v) is 12.8. The number of carbonyl (C=O) groups is 1. The number of anilines is 2. The van der Waals surface area contributed by atoms with Gasteiger partial charge >= 0.3 is 0 Å². The van der Waals surface area contributed by atoms with Gasteiger partial charge in [-0.15, -0.1) is 0 Å². The third-order valence-electron chi connectivity index (χ3n) is 3.95. The Balaban J connectivity index is 1.68. The first-order valence-corrected chi connectivity index (χ1v) is 7.79. The third kappa shape index (κ3) is 3.67. The van der Waals surface area contributed by atoms with Crippen molar-refractivity contribution in [2.45, 2.75) is 19.3 Å². The molecule has 3 rings (SSSR count). The Morgan fingerprint density at radius 1 is 1.17 bits per heavy atom. The second-order valence-corrected chi connectivity index (χ2v) is 5.60. The molecule has 0 aliphatic carbocycles. The number of rotatable bonds is 3. The van der Waals surface area contributed by atoms with E-state index in [4.69, 9.17) is 5.26 Å². The highest BCUT2D eigenvalue weighted by Gasteiger charge is 2.13. The molecule has 0 atom stereocenters. The van der Waals surface area contributed by atoms with E-state index in [1.807, 2.05) is 6.07 Å². The van der Waals surface area contributed by atoms with Crippen LogP contribution in [0.4, 0.5) is 11.4 Å². The summed E-state index contributed by atoms with van der Waals surface area (Å²) >= 11 is 0. The Bertz CT molecular complexity index is 727. The molecular formula is C18H18N4O. The van der Waals surface area contributed by atoms with Gasteiger partial charge in [0, 0.05) is 18.8 Å². The molecule has 2 aromatic rings. The van der Waals surface area contributed by atoms with Crippen LogP contribution in [0, 0.1) is 11.3 Å². The summed E-state index contributed by atoms with van der Waals surface area (Å²) in [5.74, 6) is -0.273. The van der Waals surface area contributed by atoms with Crippen LogP contribution in [0.1, 0.15) is 35.3 Å². The fourth-order valence-corrected chi connectivity index (χ4v) is 2.72. The SMILES string of the molecule is N#Cc1cccc(NC(=O)c2ccc(N3CCCCC3)cn2)c1. The predicted molar refractivity (Wildman–Crippen MR) is 89.4 cm³/mol. The Kier molecular flexibility index (Phi) is 4.53. The molecule has 1 amide bonds. The monoisotopic (exact) mass is 306 g/mol. The van der Waals surface area contributed by atoms with Crippen molar-refractivity contribution in [3.8, 4) is 6.07 Å². The maximum atomic E-state index is 12.2. The van der Waals surface area contributed by atoms with E-state index < -0.39 is 0 Å². The minimum atomic E-state index is -0.273. The van der Waals surface area contributed by atoms with Crippen LogP contribution in [0.15, 0.2) is 42.6 Å². The number of nitrogens with one attached hydrogen (secondary N) is 1. The fourth-order valence-electron chi connectivity index (χ4n) is 2.72. The maximum Gasteiger partial charge on any atom is 0.274 e. The average molecular weight is 306 g/mol. The molecule has 2 heterocycles. The van der Waals surface area contributed by atoms with Gasteiger partial charge in [-0.3, -0.25) is 4.79 Å². The second-order valence-electron chi connectivity index (χ2n) is 5.60. The molecular weight excluding hydrogens is 288 g/mol. The van der Waals surface area contributed by atoms with E-state index >= 15 is 0 Å².